The van der Waals surface area contributed by atoms with Crippen LogP contribution in [0.4, 0.5) is 0 Å². The molecule has 0 aliphatic heterocycles. The number of carboxylic acids is 1. The SMILES string of the molecule is CC(NOCc1ccccc1)C(=O)O. The molecule has 2 N–H and O–H groups in total. The number of carboxylic acid groups (broad SMARTS) is 1. The van der Waals surface area contributed by atoms with E-state index in [1.165, 1.54) is 6.92 Å². The highest BCUT2D eigenvalue weighted by atomic mass is 16.6. The minimum Gasteiger partial charge on any atom is -0.480 e. The van der Waals surface area contributed by atoms with Gasteiger partial charge in [0.2, 0.25) is 0 Å². The van der Waals surface area contributed by atoms with Gasteiger partial charge < -0.3 is 5.11 Å². The van der Waals surface area contributed by atoms with Gasteiger partial charge in [-0.2, -0.15) is 5.48 Å². The molecule has 0 saturated heterocycles. The van der Waals surface area contributed by atoms with Crippen LogP contribution >= 0.6 is 0 Å². The van der Waals surface area contributed by atoms with Crippen molar-refractivity contribution in [3.8, 4) is 0 Å². The van der Waals surface area contributed by atoms with Crippen molar-refractivity contribution in [3.63, 3.8) is 0 Å². The van der Waals surface area contributed by atoms with Crippen molar-refractivity contribution >= 4 is 5.97 Å². The van der Waals surface area contributed by atoms with E-state index in [1.54, 1.807) is 0 Å². The summed E-state index contributed by atoms with van der Waals surface area (Å²) in [5.41, 5.74) is 3.43. The molecule has 0 bridgehead atoms. The zero-order valence-corrected chi connectivity index (χ0v) is 7.93. The van der Waals surface area contributed by atoms with Crippen LogP contribution in [-0.4, -0.2) is 17.1 Å². The number of rotatable bonds is 5. The molecule has 0 spiro atoms. The van der Waals surface area contributed by atoms with E-state index >= 15 is 0 Å². The van der Waals surface area contributed by atoms with E-state index in [0.29, 0.717) is 6.61 Å². The summed E-state index contributed by atoms with van der Waals surface area (Å²) in [6.45, 7) is 1.88. The lowest BCUT2D eigenvalue weighted by Gasteiger charge is -2.08. The van der Waals surface area contributed by atoms with Gasteiger partial charge in [0, 0.05) is 0 Å². The van der Waals surface area contributed by atoms with Crippen LogP contribution in [0.5, 0.6) is 0 Å². The molecule has 1 unspecified atom stereocenters. The van der Waals surface area contributed by atoms with E-state index in [0.717, 1.165) is 5.56 Å². The minimum atomic E-state index is -0.932. The summed E-state index contributed by atoms with van der Waals surface area (Å²) >= 11 is 0. The molecule has 14 heavy (non-hydrogen) atoms. The zero-order chi connectivity index (χ0) is 10.4. The fourth-order valence-corrected chi connectivity index (χ4v) is 0.875. The predicted octanol–water partition coefficient (Wildman–Crippen LogP) is 1.18. The topological polar surface area (TPSA) is 58.6 Å². The van der Waals surface area contributed by atoms with Gasteiger partial charge in [-0.1, -0.05) is 30.3 Å². The Balaban J connectivity index is 2.26. The largest absolute Gasteiger partial charge is 0.480 e. The highest BCUT2D eigenvalue weighted by Gasteiger charge is 2.09. The summed E-state index contributed by atoms with van der Waals surface area (Å²) in [6, 6.07) is 8.84. The Kier molecular flexibility index (Phi) is 4.10. The second-order valence-electron chi connectivity index (χ2n) is 2.95. The number of hydrogen-bond acceptors (Lipinski definition) is 3. The third kappa shape index (κ3) is 3.55. The molecule has 4 nitrogen and oxygen atoms in total. The van der Waals surface area contributed by atoms with Crippen molar-refractivity contribution in [1.29, 1.82) is 0 Å². The maximum Gasteiger partial charge on any atom is 0.322 e. The maximum atomic E-state index is 10.4. The summed E-state index contributed by atoms with van der Waals surface area (Å²) in [5.74, 6) is -0.932. The highest BCUT2D eigenvalue weighted by Crippen LogP contribution is 1.99. The van der Waals surface area contributed by atoms with Crippen LogP contribution in [0, 0.1) is 0 Å². The van der Waals surface area contributed by atoms with E-state index in [2.05, 4.69) is 5.48 Å². The van der Waals surface area contributed by atoms with Crippen LogP contribution in [0.3, 0.4) is 0 Å². The van der Waals surface area contributed by atoms with Crippen molar-refractivity contribution in [2.75, 3.05) is 0 Å². The average Bonchev–Trinajstić information content (AvgIpc) is 2.19. The van der Waals surface area contributed by atoms with E-state index in [9.17, 15) is 4.79 Å². The molecule has 0 heterocycles. The fourth-order valence-electron chi connectivity index (χ4n) is 0.875. The smallest absolute Gasteiger partial charge is 0.322 e. The third-order valence-corrected chi connectivity index (χ3v) is 1.71. The minimum absolute atomic E-state index is 0.360. The molecule has 0 amide bonds. The first-order valence-electron chi connectivity index (χ1n) is 4.34. The Morgan fingerprint density at radius 1 is 1.50 bits per heavy atom. The Bertz CT molecular complexity index is 287. The average molecular weight is 195 g/mol. The molecule has 76 valence electrons. The summed E-state index contributed by atoms with van der Waals surface area (Å²) in [5, 5.41) is 8.54. The zero-order valence-electron chi connectivity index (χ0n) is 7.93. The van der Waals surface area contributed by atoms with Gasteiger partial charge in [-0.3, -0.25) is 9.63 Å². The van der Waals surface area contributed by atoms with Gasteiger partial charge in [0.05, 0.1) is 6.61 Å². The van der Waals surface area contributed by atoms with E-state index < -0.39 is 12.0 Å². The van der Waals surface area contributed by atoms with Crippen LogP contribution < -0.4 is 5.48 Å². The second-order valence-corrected chi connectivity index (χ2v) is 2.95. The van der Waals surface area contributed by atoms with Crippen molar-refractivity contribution < 1.29 is 14.7 Å². The first kappa shape index (κ1) is 10.7. The number of benzene rings is 1. The molecule has 1 aromatic carbocycles. The molecular formula is C10H13NO3. The Hall–Kier alpha value is -1.39. The van der Waals surface area contributed by atoms with Crippen molar-refractivity contribution in [1.82, 2.24) is 5.48 Å². The molecule has 4 heteroatoms. The quantitative estimate of drug-likeness (QED) is 0.693. The fraction of sp³-hybridized carbons (Fsp3) is 0.300. The number of hydroxylamine groups is 1. The summed E-state index contributed by atoms with van der Waals surface area (Å²) in [4.78, 5) is 15.4. The lowest BCUT2D eigenvalue weighted by atomic mass is 10.2. The van der Waals surface area contributed by atoms with Crippen LogP contribution in [-0.2, 0) is 16.2 Å². The molecule has 0 fully saturated rings. The molecular weight excluding hydrogens is 182 g/mol. The third-order valence-electron chi connectivity index (χ3n) is 1.71. The van der Waals surface area contributed by atoms with E-state index in [1.807, 2.05) is 30.3 Å². The summed E-state index contributed by atoms with van der Waals surface area (Å²) in [6.07, 6.45) is 0. The Labute approximate surface area is 82.5 Å². The Morgan fingerprint density at radius 3 is 2.71 bits per heavy atom. The van der Waals surface area contributed by atoms with Gasteiger partial charge in [0.25, 0.3) is 0 Å². The molecule has 0 saturated carbocycles. The maximum absolute atomic E-state index is 10.4. The molecule has 0 aliphatic carbocycles. The standard InChI is InChI=1S/C10H13NO3/c1-8(10(12)13)11-14-7-9-5-3-2-4-6-9/h2-6,8,11H,7H2,1H3,(H,12,13). The normalized spacial score (nSPS) is 12.4. The van der Waals surface area contributed by atoms with Crippen LogP contribution in [0.2, 0.25) is 0 Å². The molecule has 1 aromatic rings. The molecule has 1 rings (SSSR count). The first-order valence-corrected chi connectivity index (χ1v) is 4.34. The van der Waals surface area contributed by atoms with Crippen LogP contribution in [0.1, 0.15) is 12.5 Å². The summed E-state index contributed by atoms with van der Waals surface area (Å²) < 4.78 is 0. The second kappa shape index (κ2) is 5.36. The van der Waals surface area contributed by atoms with Gasteiger partial charge in [0.15, 0.2) is 0 Å². The monoisotopic (exact) mass is 195 g/mol. The first-order chi connectivity index (χ1) is 6.70. The van der Waals surface area contributed by atoms with Gasteiger partial charge in [-0.15, -0.1) is 0 Å². The molecule has 0 aromatic heterocycles. The van der Waals surface area contributed by atoms with Gasteiger partial charge in [-0.05, 0) is 12.5 Å². The molecule has 1 atom stereocenters. The lowest BCUT2D eigenvalue weighted by molar-refractivity contribution is -0.143. The number of hydrogen-bond donors (Lipinski definition) is 2. The van der Waals surface area contributed by atoms with E-state index in [4.69, 9.17) is 9.94 Å². The van der Waals surface area contributed by atoms with Gasteiger partial charge in [0.1, 0.15) is 6.04 Å². The van der Waals surface area contributed by atoms with Gasteiger partial charge in [-0.25, -0.2) is 0 Å². The number of nitrogens with one attached hydrogen (secondary N) is 1. The van der Waals surface area contributed by atoms with Crippen LogP contribution in [0.25, 0.3) is 0 Å². The van der Waals surface area contributed by atoms with E-state index in [-0.39, 0.29) is 0 Å². The van der Waals surface area contributed by atoms with Crippen molar-refractivity contribution in [2.45, 2.75) is 19.6 Å². The van der Waals surface area contributed by atoms with Crippen molar-refractivity contribution in [2.24, 2.45) is 0 Å². The van der Waals surface area contributed by atoms with Crippen LogP contribution in [0.15, 0.2) is 30.3 Å². The molecule has 0 aliphatic rings. The Morgan fingerprint density at radius 2 is 2.14 bits per heavy atom. The summed E-state index contributed by atoms with van der Waals surface area (Å²) in [7, 11) is 0. The number of aliphatic carboxylic acids is 1. The molecule has 0 radical (unpaired) electrons. The lowest BCUT2D eigenvalue weighted by Crippen LogP contribution is -2.33. The highest BCUT2D eigenvalue weighted by molar-refractivity contribution is 5.72. The van der Waals surface area contributed by atoms with Gasteiger partial charge >= 0.3 is 5.97 Å². The predicted molar refractivity (Wildman–Crippen MR) is 51.5 cm³/mol. The number of carbonyl (C=O) groups is 1. The van der Waals surface area contributed by atoms with Crippen molar-refractivity contribution in [3.05, 3.63) is 35.9 Å².